The molecule has 20 heavy (non-hydrogen) atoms. The van der Waals surface area contributed by atoms with Crippen molar-refractivity contribution in [1.29, 1.82) is 0 Å². The van der Waals surface area contributed by atoms with E-state index < -0.39 is 0 Å². The van der Waals surface area contributed by atoms with Crippen LogP contribution in [-0.2, 0) is 13.1 Å². The summed E-state index contributed by atoms with van der Waals surface area (Å²) in [5.41, 5.74) is 2.58. The van der Waals surface area contributed by atoms with Crippen LogP contribution in [0.2, 0.25) is 0 Å². The van der Waals surface area contributed by atoms with Crippen LogP contribution >= 0.6 is 15.9 Å². The van der Waals surface area contributed by atoms with Crippen molar-refractivity contribution >= 4 is 26.7 Å². The highest BCUT2D eigenvalue weighted by molar-refractivity contribution is 9.10. The van der Waals surface area contributed by atoms with E-state index >= 15 is 0 Å². The van der Waals surface area contributed by atoms with Gasteiger partial charge in [0.15, 0.2) is 0 Å². The van der Waals surface area contributed by atoms with E-state index in [0.29, 0.717) is 0 Å². The monoisotopic (exact) mass is 326 g/mol. The highest BCUT2D eigenvalue weighted by Crippen LogP contribution is 2.17. The maximum absolute atomic E-state index is 4.17. The lowest BCUT2D eigenvalue weighted by atomic mass is 10.1. The van der Waals surface area contributed by atoms with E-state index in [4.69, 9.17) is 0 Å². The van der Waals surface area contributed by atoms with Gasteiger partial charge in [-0.1, -0.05) is 46.3 Å². The van der Waals surface area contributed by atoms with E-state index in [1.54, 1.807) is 0 Å². The topological polar surface area (TPSA) is 24.9 Å². The smallest absolute Gasteiger partial charge is 0.0346 e. The number of aromatic nitrogens is 1. The third-order valence-corrected chi connectivity index (χ3v) is 3.80. The summed E-state index contributed by atoms with van der Waals surface area (Å²) < 4.78 is 1.12. The number of hydrogen-bond donors (Lipinski definition) is 1. The Morgan fingerprint density at radius 3 is 2.80 bits per heavy atom. The number of rotatable bonds is 4. The van der Waals surface area contributed by atoms with E-state index in [2.05, 4.69) is 68.7 Å². The highest BCUT2D eigenvalue weighted by Gasteiger charge is 2.00. The minimum absolute atomic E-state index is 0.855. The van der Waals surface area contributed by atoms with Crippen LogP contribution in [-0.4, -0.2) is 4.98 Å². The molecule has 0 saturated carbocycles. The SMILES string of the molecule is Brc1cccc(CNCc2cccc3cnccc23)c1. The summed E-state index contributed by atoms with van der Waals surface area (Å²) in [5.74, 6) is 0. The van der Waals surface area contributed by atoms with Crippen LogP contribution in [0.5, 0.6) is 0 Å². The van der Waals surface area contributed by atoms with Crippen molar-refractivity contribution in [3.63, 3.8) is 0 Å². The Balaban J connectivity index is 1.71. The van der Waals surface area contributed by atoms with Crippen LogP contribution in [0.15, 0.2) is 65.4 Å². The van der Waals surface area contributed by atoms with Gasteiger partial charge in [-0.3, -0.25) is 4.98 Å². The Labute approximate surface area is 127 Å². The molecule has 0 radical (unpaired) electrons. The fraction of sp³-hybridized carbons (Fsp3) is 0.118. The minimum Gasteiger partial charge on any atom is -0.309 e. The van der Waals surface area contributed by atoms with Crippen molar-refractivity contribution < 1.29 is 0 Å². The van der Waals surface area contributed by atoms with Crippen molar-refractivity contribution in [1.82, 2.24) is 10.3 Å². The third kappa shape index (κ3) is 3.06. The molecule has 0 aliphatic rings. The molecule has 0 spiro atoms. The molecule has 100 valence electrons. The van der Waals surface area contributed by atoms with Crippen molar-refractivity contribution in [3.8, 4) is 0 Å². The van der Waals surface area contributed by atoms with Crippen molar-refractivity contribution in [2.45, 2.75) is 13.1 Å². The summed E-state index contributed by atoms with van der Waals surface area (Å²) in [4.78, 5) is 4.17. The minimum atomic E-state index is 0.855. The first kappa shape index (κ1) is 13.3. The van der Waals surface area contributed by atoms with Gasteiger partial charge in [0.25, 0.3) is 0 Å². The first-order chi connectivity index (χ1) is 9.83. The molecule has 3 heteroatoms. The largest absolute Gasteiger partial charge is 0.309 e. The highest BCUT2D eigenvalue weighted by atomic mass is 79.9. The number of halogens is 1. The lowest BCUT2D eigenvalue weighted by molar-refractivity contribution is 0.696. The number of pyridine rings is 1. The standard InChI is InChI=1S/C17H15BrN2/c18-16-6-1-3-13(9-16)10-20-12-15-5-2-4-14-11-19-8-7-17(14)15/h1-9,11,20H,10,12H2. The number of nitrogens with one attached hydrogen (secondary N) is 1. The molecular weight excluding hydrogens is 312 g/mol. The molecule has 0 bridgehead atoms. The number of fused-ring (bicyclic) bond motifs is 1. The van der Waals surface area contributed by atoms with E-state index in [9.17, 15) is 0 Å². The molecule has 2 nitrogen and oxygen atoms in total. The van der Waals surface area contributed by atoms with Gasteiger partial charge in [-0.2, -0.15) is 0 Å². The van der Waals surface area contributed by atoms with Crippen molar-refractivity contribution in [3.05, 3.63) is 76.5 Å². The van der Waals surface area contributed by atoms with Gasteiger partial charge in [0.2, 0.25) is 0 Å². The van der Waals surface area contributed by atoms with E-state index in [1.165, 1.54) is 21.9 Å². The molecule has 0 unspecified atom stereocenters. The molecule has 3 aromatic rings. The molecule has 1 N–H and O–H groups in total. The number of nitrogens with zero attached hydrogens (tertiary/aromatic N) is 1. The maximum Gasteiger partial charge on any atom is 0.0346 e. The zero-order valence-electron chi connectivity index (χ0n) is 11.0. The first-order valence-corrected chi connectivity index (χ1v) is 7.39. The molecule has 1 heterocycles. The molecule has 0 fully saturated rings. The summed E-state index contributed by atoms with van der Waals surface area (Å²) in [6.45, 7) is 1.72. The molecule has 0 amide bonds. The lowest BCUT2D eigenvalue weighted by Crippen LogP contribution is -2.12. The number of hydrogen-bond acceptors (Lipinski definition) is 2. The maximum atomic E-state index is 4.17. The van der Waals surface area contributed by atoms with Crippen molar-refractivity contribution in [2.75, 3.05) is 0 Å². The molecule has 0 saturated heterocycles. The van der Waals surface area contributed by atoms with Crippen LogP contribution in [0.3, 0.4) is 0 Å². The molecule has 1 aromatic heterocycles. The average molecular weight is 327 g/mol. The van der Waals surface area contributed by atoms with Gasteiger partial charge in [0.05, 0.1) is 0 Å². The Kier molecular flexibility index (Phi) is 4.09. The van der Waals surface area contributed by atoms with E-state index in [-0.39, 0.29) is 0 Å². The van der Waals surface area contributed by atoms with E-state index in [1.807, 2.05) is 18.5 Å². The zero-order chi connectivity index (χ0) is 13.8. The molecule has 0 aliphatic heterocycles. The predicted octanol–water partition coefficient (Wildman–Crippen LogP) is 4.29. The molecule has 0 aliphatic carbocycles. The summed E-state index contributed by atoms with van der Waals surface area (Å²) in [6.07, 6.45) is 3.76. The third-order valence-electron chi connectivity index (χ3n) is 3.30. The summed E-state index contributed by atoms with van der Waals surface area (Å²) in [6, 6.07) is 16.8. The fourth-order valence-electron chi connectivity index (χ4n) is 2.33. The Bertz CT molecular complexity index is 720. The van der Waals surface area contributed by atoms with Crippen LogP contribution in [0.1, 0.15) is 11.1 Å². The molecule has 3 rings (SSSR count). The first-order valence-electron chi connectivity index (χ1n) is 6.60. The van der Waals surface area contributed by atoms with Crippen LogP contribution in [0.4, 0.5) is 0 Å². The second kappa shape index (κ2) is 6.16. The summed E-state index contributed by atoms with van der Waals surface area (Å²) in [7, 11) is 0. The van der Waals surface area contributed by atoms with Crippen LogP contribution in [0, 0.1) is 0 Å². The van der Waals surface area contributed by atoms with Crippen LogP contribution in [0.25, 0.3) is 10.8 Å². The van der Waals surface area contributed by atoms with Crippen molar-refractivity contribution in [2.24, 2.45) is 0 Å². The zero-order valence-corrected chi connectivity index (χ0v) is 12.6. The Morgan fingerprint density at radius 2 is 1.90 bits per heavy atom. The lowest BCUT2D eigenvalue weighted by Gasteiger charge is -2.08. The van der Waals surface area contributed by atoms with Gasteiger partial charge in [-0.05, 0) is 34.7 Å². The summed E-state index contributed by atoms with van der Waals surface area (Å²) in [5, 5.41) is 5.95. The number of benzene rings is 2. The average Bonchev–Trinajstić information content (AvgIpc) is 2.48. The Hall–Kier alpha value is -1.71. The second-order valence-corrected chi connectivity index (χ2v) is 5.66. The van der Waals surface area contributed by atoms with Crippen LogP contribution < -0.4 is 5.32 Å². The molecule has 0 atom stereocenters. The quantitative estimate of drug-likeness (QED) is 0.773. The normalized spacial score (nSPS) is 10.8. The fourth-order valence-corrected chi connectivity index (χ4v) is 2.78. The van der Waals surface area contributed by atoms with Gasteiger partial charge in [-0.25, -0.2) is 0 Å². The van der Waals surface area contributed by atoms with Gasteiger partial charge < -0.3 is 5.32 Å². The molecule has 2 aromatic carbocycles. The van der Waals surface area contributed by atoms with E-state index in [0.717, 1.165) is 17.6 Å². The molecular formula is C17H15BrN2. The van der Waals surface area contributed by atoms with Gasteiger partial charge in [-0.15, -0.1) is 0 Å². The van der Waals surface area contributed by atoms with Gasteiger partial charge in [0, 0.05) is 35.3 Å². The predicted molar refractivity (Wildman–Crippen MR) is 86.4 cm³/mol. The summed E-state index contributed by atoms with van der Waals surface area (Å²) >= 11 is 3.50. The van der Waals surface area contributed by atoms with Gasteiger partial charge >= 0.3 is 0 Å². The van der Waals surface area contributed by atoms with Gasteiger partial charge in [0.1, 0.15) is 0 Å². The Morgan fingerprint density at radius 1 is 1.00 bits per heavy atom. The second-order valence-electron chi connectivity index (χ2n) is 4.75.